The van der Waals surface area contributed by atoms with Crippen molar-refractivity contribution in [3.8, 4) is 0 Å². The maximum atomic E-state index is 3.75. The Morgan fingerprint density at radius 3 is 2.36 bits per heavy atom. The first kappa shape index (κ1) is 12.0. The highest BCUT2D eigenvalue weighted by molar-refractivity contribution is 4.77. The standard InChI is InChI=1S/C13H27N/c1-4-8-11(2)14-12(3)13-9-6-5-7-10-13/h11-14H,4-10H2,1-3H3/t11?,12-/m0/s1. The van der Waals surface area contributed by atoms with Crippen LogP contribution in [0, 0.1) is 5.92 Å². The normalized spacial score (nSPS) is 23.4. The molecule has 1 N–H and O–H groups in total. The summed E-state index contributed by atoms with van der Waals surface area (Å²) in [6.07, 6.45) is 9.90. The molecule has 0 aromatic heterocycles. The topological polar surface area (TPSA) is 12.0 Å². The van der Waals surface area contributed by atoms with Crippen molar-refractivity contribution in [2.24, 2.45) is 5.92 Å². The van der Waals surface area contributed by atoms with Gasteiger partial charge >= 0.3 is 0 Å². The second kappa shape index (κ2) is 6.44. The zero-order valence-electron chi connectivity index (χ0n) is 10.2. The van der Waals surface area contributed by atoms with Crippen molar-refractivity contribution >= 4 is 0 Å². The Morgan fingerprint density at radius 2 is 1.79 bits per heavy atom. The Hall–Kier alpha value is -0.0400. The lowest BCUT2D eigenvalue weighted by atomic mass is 9.84. The lowest BCUT2D eigenvalue weighted by molar-refractivity contribution is 0.264. The zero-order valence-corrected chi connectivity index (χ0v) is 10.2. The molecule has 1 saturated carbocycles. The van der Waals surface area contributed by atoms with Crippen LogP contribution in [0.4, 0.5) is 0 Å². The second-order valence-corrected chi connectivity index (χ2v) is 5.04. The molecule has 1 nitrogen and oxygen atoms in total. The number of hydrogen-bond donors (Lipinski definition) is 1. The maximum absolute atomic E-state index is 3.75. The molecule has 1 heteroatoms. The molecule has 1 aliphatic rings. The van der Waals surface area contributed by atoms with Gasteiger partial charge in [-0.1, -0.05) is 32.6 Å². The molecule has 0 amide bonds. The number of hydrogen-bond acceptors (Lipinski definition) is 1. The van der Waals surface area contributed by atoms with Gasteiger partial charge in [0.15, 0.2) is 0 Å². The molecule has 14 heavy (non-hydrogen) atoms. The first-order valence-corrected chi connectivity index (χ1v) is 6.50. The SMILES string of the molecule is CCCC(C)N[C@@H](C)C1CCCCC1. The van der Waals surface area contributed by atoms with Gasteiger partial charge in [0.1, 0.15) is 0 Å². The van der Waals surface area contributed by atoms with Gasteiger partial charge in [-0.2, -0.15) is 0 Å². The first-order valence-electron chi connectivity index (χ1n) is 6.50. The van der Waals surface area contributed by atoms with Crippen LogP contribution in [-0.2, 0) is 0 Å². The Kier molecular flexibility index (Phi) is 5.54. The minimum atomic E-state index is 0.705. The van der Waals surface area contributed by atoms with E-state index in [0.717, 1.165) is 12.0 Å². The summed E-state index contributed by atoms with van der Waals surface area (Å²) < 4.78 is 0. The Balaban J connectivity index is 2.21. The lowest BCUT2D eigenvalue weighted by Crippen LogP contribution is -2.40. The summed E-state index contributed by atoms with van der Waals surface area (Å²) >= 11 is 0. The van der Waals surface area contributed by atoms with Gasteiger partial charge in [0.25, 0.3) is 0 Å². The highest BCUT2D eigenvalue weighted by atomic mass is 14.9. The number of rotatable bonds is 5. The van der Waals surface area contributed by atoms with E-state index in [1.165, 1.54) is 44.9 Å². The smallest absolute Gasteiger partial charge is 0.00694 e. The maximum Gasteiger partial charge on any atom is 0.00694 e. The summed E-state index contributed by atoms with van der Waals surface area (Å²) in [6, 6.07) is 1.44. The van der Waals surface area contributed by atoms with Crippen LogP contribution in [0.3, 0.4) is 0 Å². The van der Waals surface area contributed by atoms with E-state index in [-0.39, 0.29) is 0 Å². The predicted octanol–water partition coefficient (Wildman–Crippen LogP) is 3.73. The van der Waals surface area contributed by atoms with Crippen molar-refractivity contribution in [2.45, 2.75) is 77.8 Å². The van der Waals surface area contributed by atoms with Crippen LogP contribution in [0.15, 0.2) is 0 Å². The van der Waals surface area contributed by atoms with Crippen LogP contribution in [0.5, 0.6) is 0 Å². The molecule has 1 aliphatic carbocycles. The molecule has 84 valence electrons. The van der Waals surface area contributed by atoms with Gasteiger partial charge in [-0.15, -0.1) is 0 Å². The predicted molar refractivity (Wildman–Crippen MR) is 63.5 cm³/mol. The summed E-state index contributed by atoms with van der Waals surface area (Å²) in [5.41, 5.74) is 0. The van der Waals surface area contributed by atoms with Crippen molar-refractivity contribution in [3.05, 3.63) is 0 Å². The summed E-state index contributed by atoms with van der Waals surface area (Å²) in [6.45, 7) is 6.97. The first-order chi connectivity index (χ1) is 6.74. The van der Waals surface area contributed by atoms with E-state index >= 15 is 0 Å². The molecule has 1 fully saturated rings. The van der Waals surface area contributed by atoms with Gasteiger partial charge in [-0.3, -0.25) is 0 Å². The highest BCUT2D eigenvalue weighted by Crippen LogP contribution is 2.26. The molecule has 0 aromatic carbocycles. The Labute approximate surface area is 89.7 Å². The van der Waals surface area contributed by atoms with E-state index < -0.39 is 0 Å². The van der Waals surface area contributed by atoms with E-state index in [9.17, 15) is 0 Å². The van der Waals surface area contributed by atoms with Crippen molar-refractivity contribution < 1.29 is 0 Å². The zero-order chi connectivity index (χ0) is 10.4. The van der Waals surface area contributed by atoms with Crippen molar-refractivity contribution in [1.82, 2.24) is 5.32 Å². The van der Waals surface area contributed by atoms with Gasteiger partial charge in [0, 0.05) is 12.1 Å². The van der Waals surface area contributed by atoms with Crippen LogP contribution < -0.4 is 5.32 Å². The minimum absolute atomic E-state index is 0.705. The summed E-state index contributed by atoms with van der Waals surface area (Å²) in [5, 5.41) is 3.75. The molecular formula is C13H27N. The van der Waals surface area contributed by atoms with Gasteiger partial charge in [0.2, 0.25) is 0 Å². The number of nitrogens with one attached hydrogen (secondary N) is 1. The average Bonchev–Trinajstić information content (AvgIpc) is 2.19. The molecule has 0 radical (unpaired) electrons. The third kappa shape index (κ3) is 4.00. The molecule has 0 spiro atoms. The van der Waals surface area contributed by atoms with E-state index in [2.05, 4.69) is 26.1 Å². The van der Waals surface area contributed by atoms with Crippen LogP contribution in [0.1, 0.15) is 65.7 Å². The van der Waals surface area contributed by atoms with Crippen molar-refractivity contribution in [1.29, 1.82) is 0 Å². The van der Waals surface area contributed by atoms with Gasteiger partial charge in [0.05, 0.1) is 0 Å². The second-order valence-electron chi connectivity index (χ2n) is 5.04. The lowest BCUT2D eigenvalue weighted by Gasteiger charge is -2.30. The van der Waals surface area contributed by atoms with E-state index in [0.29, 0.717) is 6.04 Å². The molecule has 1 rings (SSSR count). The summed E-state index contributed by atoms with van der Waals surface area (Å²) in [5.74, 6) is 0.947. The van der Waals surface area contributed by atoms with Crippen LogP contribution >= 0.6 is 0 Å². The average molecular weight is 197 g/mol. The van der Waals surface area contributed by atoms with E-state index in [4.69, 9.17) is 0 Å². The summed E-state index contributed by atoms with van der Waals surface area (Å²) in [7, 11) is 0. The molecular weight excluding hydrogens is 170 g/mol. The van der Waals surface area contributed by atoms with Gasteiger partial charge < -0.3 is 5.32 Å². The third-order valence-electron chi connectivity index (χ3n) is 3.63. The fourth-order valence-electron chi connectivity index (χ4n) is 2.74. The van der Waals surface area contributed by atoms with Crippen LogP contribution in [-0.4, -0.2) is 12.1 Å². The third-order valence-corrected chi connectivity index (χ3v) is 3.63. The Bertz CT molecular complexity index is 138. The fraction of sp³-hybridized carbons (Fsp3) is 1.00. The molecule has 1 unspecified atom stereocenters. The van der Waals surface area contributed by atoms with Crippen LogP contribution in [0.2, 0.25) is 0 Å². The highest BCUT2D eigenvalue weighted by Gasteiger charge is 2.20. The minimum Gasteiger partial charge on any atom is -0.312 e. The van der Waals surface area contributed by atoms with Crippen LogP contribution in [0.25, 0.3) is 0 Å². The van der Waals surface area contributed by atoms with E-state index in [1.54, 1.807) is 0 Å². The fourth-order valence-corrected chi connectivity index (χ4v) is 2.74. The summed E-state index contributed by atoms with van der Waals surface area (Å²) in [4.78, 5) is 0. The quantitative estimate of drug-likeness (QED) is 0.708. The monoisotopic (exact) mass is 197 g/mol. The Morgan fingerprint density at radius 1 is 1.14 bits per heavy atom. The van der Waals surface area contributed by atoms with Gasteiger partial charge in [-0.05, 0) is 39.0 Å². The molecule has 2 atom stereocenters. The van der Waals surface area contributed by atoms with Crippen molar-refractivity contribution in [2.75, 3.05) is 0 Å². The molecule has 0 heterocycles. The van der Waals surface area contributed by atoms with Crippen molar-refractivity contribution in [3.63, 3.8) is 0 Å². The van der Waals surface area contributed by atoms with E-state index in [1.807, 2.05) is 0 Å². The molecule has 0 aliphatic heterocycles. The molecule has 0 aromatic rings. The molecule has 0 saturated heterocycles. The molecule has 0 bridgehead atoms. The largest absolute Gasteiger partial charge is 0.312 e. The van der Waals surface area contributed by atoms with Gasteiger partial charge in [-0.25, -0.2) is 0 Å².